The van der Waals surface area contributed by atoms with Crippen LogP contribution in [0.2, 0.25) is 0 Å². The summed E-state index contributed by atoms with van der Waals surface area (Å²) in [7, 11) is 1.67. The van der Waals surface area contributed by atoms with Gasteiger partial charge in [-0.05, 0) is 37.1 Å². The van der Waals surface area contributed by atoms with Crippen LogP contribution in [-0.4, -0.2) is 22.1 Å². The van der Waals surface area contributed by atoms with E-state index in [1.807, 2.05) is 62.4 Å². The number of amides is 1. The molecule has 0 unspecified atom stereocenters. The van der Waals surface area contributed by atoms with Gasteiger partial charge in [-0.1, -0.05) is 37.3 Å². The number of aryl methyl sites for hydroxylation is 2. The summed E-state index contributed by atoms with van der Waals surface area (Å²) in [6.07, 6.45) is 0.580. The van der Waals surface area contributed by atoms with Gasteiger partial charge < -0.3 is 14.6 Å². The lowest BCUT2D eigenvalue weighted by Crippen LogP contribution is -2.34. The maximum absolute atomic E-state index is 12.9. The largest absolute Gasteiger partial charge is 0.507 e. The van der Waals surface area contributed by atoms with Gasteiger partial charge >= 0.3 is 0 Å². The van der Waals surface area contributed by atoms with Crippen LogP contribution >= 0.6 is 0 Å². The van der Waals surface area contributed by atoms with Crippen LogP contribution in [0.25, 0.3) is 10.9 Å². The normalized spacial score (nSPS) is 10.9. The number of hydrogen-bond donors (Lipinski definition) is 1. The third-order valence-corrected chi connectivity index (χ3v) is 4.97. The number of rotatable bonds is 5. The third kappa shape index (κ3) is 3.33. The topological polar surface area (TPSA) is 62.5 Å². The number of likely N-dealkylation sites (N-methyl/N-ethyl adjacent to an activating group) is 1. The fourth-order valence-corrected chi connectivity index (χ4v) is 3.51. The smallest absolute Gasteiger partial charge is 0.258 e. The van der Waals surface area contributed by atoms with Crippen LogP contribution in [0.15, 0.2) is 53.3 Å². The van der Waals surface area contributed by atoms with Crippen LogP contribution in [0.3, 0.4) is 0 Å². The Kier molecular flexibility index (Phi) is 5.31. The van der Waals surface area contributed by atoms with Crippen LogP contribution < -0.4 is 10.5 Å². The highest BCUT2D eigenvalue weighted by atomic mass is 16.3. The summed E-state index contributed by atoms with van der Waals surface area (Å²) in [5.41, 5.74) is 2.19. The Hall–Kier alpha value is -3.08. The SMILES string of the molecule is CCc1cccc2c1c(O)c(CC(=O)N(CC)c1ccccc1)c(=O)n2C. The van der Waals surface area contributed by atoms with E-state index in [0.29, 0.717) is 17.4 Å². The first kappa shape index (κ1) is 18.7. The zero-order valence-electron chi connectivity index (χ0n) is 15.9. The maximum atomic E-state index is 12.9. The predicted molar refractivity (Wildman–Crippen MR) is 108 cm³/mol. The van der Waals surface area contributed by atoms with Crippen molar-refractivity contribution in [1.29, 1.82) is 0 Å². The number of nitrogens with zero attached hydrogens (tertiary/aromatic N) is 2. The molecule has 2 aromatic carbocycles. The lowest BCUT2D eigenvalue weighted by atomic mass is 10.0. The van der Waals surface area contributed by atoms with Gasteiger partial charge in [0.2, 0.25) is 5.91 Å². The van der Waals surface area contributed by atoms with E-state index in [4.69, 9.17) is 0 Å². The van der Waals surface area contributed by atoms with Crippen LogP contribution in [0, 0.1) is 0 Å². The van der Waals surface area contributed by atoms with Crippen LogP contribution in [-0.2, 0) is 24.7 Å². The van der Waals surface area contributed by atoms with Gasteiger partial charge in [0.25, 0.3) is 5.56 Å². The van der Waals surface area contributed by atoms with E-state index in [2.05, 4.69) is 0 Å². The Morgan fingerprint density at radius 2 is 1.78 bits per heavy atom. The number of anilines is 1. The minimum atomic E-state index is -0.342. The fraction of sp³-hybridized carbons (Fsp3) is 0.273. The highest BCUT2D eigenvalue weighted by Gasteiger charge is 2.22. The van der Waals surface area contributed by atoms with Gasteiger partial charge in [-0.3, -0.25) is 9.59 Å². The van der Waals surface area contributed by atoms with E-state index in [1.54, 1.807) is 11.9 Å². The second kappa shape index (κ2) is 7.66. The molecule has 1 aromatic heterocycles. The standard InChI is InChI=1S/C22H24N2O3/c1-4-15-10-9-13-18-20(15)21(26)17(22(27)23(18)3)14-19(25)24(5-2)16-11-7-6-8-12-16/h6-13,26H,4-5,14H2,1-3H3. The highest BCUT2D eigenvalue weighted by Crippen LogP contribution is 2.30. The number of hydrogen-bond acceptors (Lipinski definition) is 3. The van der Waals surface area contributed by atoms with Crippen LogP contribution in [0.4, 0.5) is 5.69 Å². The number of aromatic nitrogens is 1. The van der Waals surface area contributed by atoms with Crippen molar-refractivity contribution in [2.45, 2.75) is 26.7 Å². The molecule has 1 amide bonds. The zero-order valence-corrected chi connectivity index (χ0v) is 15.9. The maximum Gasteiger partial charge on any atom is 0.258 e. The molecule has 5 heteroatoms. The van der Waals surface area contributed by atoms with Crippen molar-refractivity contribution in [2.24, 2.45) is 7.05 Å². The molecule has 0 aliphatic rings. The average Bonchev–Trinajstić information content (AvgIpc) is 2.70. The summed E-state index contributed by atoms with van der Waals surface area (Å²) < 4.78 is 1.51. The van der Waals surface area contributed by atoms with Crippen molar-refractivity contribution in [3.8, 4) is 5.75 Å². The summed E-state index contributed by atoms with van der Waals surface area (Å²) in [6, 6.07) is 14.9. The Morgan fingerprint density at radius 1 is 1.07 bits per heavy atom. The predicted octanol–water partition coefficient (Wildman–Crippen LogP) is 3.40. The van der Waals surface area contributed by atoms with Gasteiger partial charge in [-0.2, -0.15) is 0 Å². The molecule has 1 N–H and O–H groups in total. The molecule has 3 aromatic rings. The molecule has 140 valence electrons. The molecular formula is C22H24N2O3. The highest BCUT2D eigenvalue weighted by molar-refractivity contribution is 5.97. The summed E-state index contributed by atoms with van der Waals surface area (Å²) in [5, 5.41) is 11.5. The van der Waals surface area contributed by atoms with Gasteiger partial charge in [-0.25, -0.2) is 0 Å². The average molecular weight is 364 g/mol. The first-order chi connectivity index (χ1) is 13.0. The number of carbonyl (C=O) groups is 1. The number of para-hydroxylation sites is 1. The number of aromatic hydroxyl groups is 1. The Morgan fingerprint density at radius 3 is 2.41 bits per heavy atom. The van der Waals surface area contributed by atoms with Crippen LogP contribution in [0.5, 0.6) is 5.75 Å². The van der Waals surface area contributed by atoms with E-state index in [0.717, 1.165) is 17.7 Å². The quantitative estimate of drug-likeness (QED) is 0.755. The lowest BCUT2D eigenvalue weighted by molar-refractivity contribution is -0.118. The first-order valence-corrected chi connectivity index (χ1v) is 9.17. The van der Waals surface area contributed by atoms with Crippen molar-refractivity contribution in [1.82, 2.24) is 4.57 Å². The summed E-state index contributed by atoms with van der Waals surface area (Å²) >= 11 is 0. The summed E-state index contributed by atoms with van der Waals surface area (Å²) in [5.74, 6) is -0.299. The molecule has 5 nitrogen and oxygen atoms in total. The molecule has 0 spiro atoms. The van der Waals surface area contributed by atoms with E-state index < -0.39 is 0 Å². The molecule has 0 bridgehead atoms. The number of benzene rings is 2. The van der Waals surface area contributed by atoms with E-state index in [1.165, 1.54) is 4.57 Å². The molecule has 0 saturated heterocycles. The summed E-state index contributed by atoms with van der Waals surface area (Å²) in [6.45, 7) is 4.37. The van der Waals surface area contributed by atoms with Crippen molar-refractivity contribution in [3.63, 3.8) is 0 Å². The van der Waals surface area contributed by atoms with Gasteiger partial charge in [-0.15, -0.1) is 0 Å². The number of carbonyl (C=O) groups excluding carboxylic acids is 1. The fourth-order valence-electron chi connectivity index (χ4n) is 3.51. The van der Waals surface area contributed by atoms with Crippen molar-refractivity contribution in [3.05, 3.63) is 70.0 Å². The Labute approximate surface area is 158 Å². The Balaban J connectivity index is 2.09. The number of fused-ring (bicyclic) bond motifs is 1. The van der Waals surface area contributed by atoms with Gasteiger partial charge in [0.05, 0.1) is 17.5 Å². The monoisotopic (exact) mass is 364 g/mol. The first-order valence-electron chi connectivity index (χ1n) is 9.17. The minimum Gasteiger partial charge on any atom is -0.507 e. The molecule has 0 radical (unpaired) electrons. The van der Waals surface area contributed by atoms with Crippen molar-refractivity contribution in [2.75, 3.05) is 11.4 Å². The number of pyridine rings is 1. The Bertz CT molecular complexity index is 1040. The second-order valence-electron chi connectivity index (χ2n) is 6.51. The molecule has 0 aliphatic heterocycles. The minimum absolute atomic E-state index is 0.0805. The molecule has 0 atom stereocenters. The lowest BCUT2D eigenvalue weighted by Gasteiger charge is -2.22. The van der Waals surface area contributed by atoms with Crippen LogP contribution in [0.1, 0.15) is 25.0 Å². The molecular weight excluding hydrogens is 340 g/mol. The van der Waals surface area contributed by atoms with E-state index in [9.17, 15) is 14.7 Å². The molecule has 0 fully saturated rings. The summed E-state index contributed by atoms with van der Waals surface area (Å²) in [4.78, 5) is 27.4. The molecule has 1 heterocycles. The zero-order chi connectivity index (χ0) is 19.6. The van der Waals surface area contributed by atoms with E-state index in [-0.39, 0.29) is 29.2 Å². The molecule has 27 heavy (non-hydrogen) atoms. The van der Waals surface area contributed by atoms with Gasteiger partial charge in [0, 0.05) is 24.7 Å². The van der Waals surface area contributed by atoms with Crippen molar-refractivity contribution < 1.29 is 9.90 Å². The third-order valence-electron chi connectivity index (χ3n) is 4.97. The molecule has 0 aliphatic carbocycles. The van der Waals surface area contributed by atoms with Gasteiger partial charge in [0.1, 0.15) is 5.75 Å². The second-order valence-corrected chi connectivity index (χ2v) is 6.51. The molecule has 3 rings (SSSR count). The molecule has 0 saturated carbocycles. The van der Waals surface area contributed by atoms with E-state index >= 15 is 0 Å². The van der Waals surface area contributed by atoms with Crippen molar-refractivity contribution >= 4 is 22.5 Å². The van der Waals surface area contributed by atoms with Gasteiger partial charge in [0.15, 0.2) is 0 Å².